The summed E-state index contributed by atoms with van der Waals surface area (Å²) in [5.41, 5.74) is 0. The van der Waals surface area contributed by atoms with Gasteiger partial charge in [-0.1, -0.05) is 15.9 Å². The van der Waals surface area contributed by atoms with Crippen LogP contribution in [0, 0.1) is 0 Å². The molecule has 1 unspecified atom stereocenters. The van der Waals surface area contributed by atoms with E-state index < -0.39 is 16.3 Å². The molecule has 0 aromatic heterocycles. The summed E-state index contributed by atoms with van der Waals surface area (Å²) in [6.45, 7) is 5.01. The van der Waals surface area contributed by atoms with Gasteiger partial charge >= 0.3 is 16.3 Å². The van der Waals surface area contributed by atoms with Crippen molar-refractivity contribution < 1.29 is 17.9 Å². The molecule has 1 atom stereocenters. The Labute approximate surface area is 111 Å². The van der Waals surface area contributed by atoms with E-state index in [1.54, 1.807) is 25.5 Å². The van der Waals surface area contributed by atoms with Crippen LogP contribution >= 0.6 is 15.9 Å². The minimum atomic E-state index is -3.85. The second-order valence-electron chi connectivity index (χ2n) is 3.91. The molecule has 0 saturated carbocycles. The smallest absolute Gasteiger partial charge is 0.422 e. The van der Waals surface area contributed by atoms with Crippen LogP contribution in [-0.2, 0) is 14.9 Å². The summed E-state index contributed by atoms with van der Waals surface area (Å²) in [4.78, 5) is 11.1. The summed E-state index contributed by atoms with van der Waals surface area (Å²) in [7, 11) is -3.85. The summed E-state index contributed by atoms with van der Waals surface area (Å²) >= 11 is 3.26. The molecule has 6 nitrogen and oxygen atoms in total. The van der Waals surface area contributed by atoms with Crippen LogP contribution in [0.3, 0.4) is 0 Å². The molecule has 1 amide bonds. The molecule has 17 heavy (non-hydrogen) atoms. The Balaban J connectivity index is 4.15. The topological polar surface area (TPSA) is 84.5 Å². The highest BCUT2D eigenvalue weighted by Crippen LogP contribution is 2.00. The molecule has 0 rings (SSSR count). The highest BCUT2D eigenvalue weighted by molar-refractivity contribution is 9.09. The number of hydrogen-bond acceptors (Lipinski definition) is 4. The fourth-order valence-electron chi connectivity index (χ4n) is 1.08. The van der Waals surface area contributed by atoms with Crippen LogP contribution in [0.25, 0.3) is 0 Å². The molecule has 0 fully saturated rings. The third-order valence-corrected chi connectivity index (χ3v) is 3.40. The lowest BCUT2D eigenvalue weighted by atomic mass is 10.2. The van der Waals surface area contributed by atoms with Crippen LogP contribution in [0.4, 0.5) is 4.79 Å². The lowest BCUT2D eigenvalue weighted by Gasteiger charge is -2.14. The van der Waals surface area contributed by atoms with E-state index in [-0.39, 0.29) is 12.1 Å². The third-order valence-electron chi connectivity index (χ3n) is 1.69. The Kier molecular flexibility index (Phi) is 7.73. The Hall–Kier alpha value is -0.340. The molecule has 0 bridgehead atoms. The molecule has 0 aromatic carbocycles. The molecule has 102 valence electrons. The first-order chi connectivity index (χ1) is 7.76. The summed E-state index contributed by atoms with van der Waals surface area (Å²) in [5.74, 6) is 0. The first-order valence-corrected chi connectivity index (χ1v) is 7.94. The van der Waals surface area contributed by atoms with Crippen molar-refractivity contribution in [3.8, 4) is 0 Å². The van der Waals surface area contributed by atoms with Gasteiger partial charge in [-0.05, 0) is 33.6 Å². The number of carbonyl (C=O) groups excluding carboxylic acids is 1. The van der Waals surface area contributed by atoms with E-state index in [2.05, 4.69) is 25.4 Å². The van der Waals surface area contributed by atoms with Gasteiger partial charge < -0.3 is 4.74 Å². The normalized spacial score (nSPS) is 13.5. The molecule has 8 heteroatoms. The molecular formula is C9H19BrN2O4S. The second-order valence-corrected chi connectivity index (χ2v) is 6.15. The molecule has 2 N–H and O–H groups in total. The molecule has 0 heterocycles. The lowest BCUT2D eigenvalue weighted by Crippen LogP contribution is -2.44. The van der Waals surface area contributed by atoms with Crippen molar-refractivity contribution in [1.82, 2.24) is 9.44 Å². The third kappa shape index (κ3) is 9.37. The molecule has 0 spiro atoms. The van der Waals surface area contributed by atoms with Gasteiger partial charge in [0.25, 0.3) is 0 Å². The molecule has 0 aromatic rings. The average Bonchev–Trinajstić information content (AvgIpc) is 2.10. The van der Waals surface area contributed by atoms with Crippen LogP contribution in [0.2, 0.25) is 0 Å². The monoisotopic (exact) mass is 330 g/mol. The quantitative estimate of drug-likeness (QED) is 0.693. The first-order valence-electron chi connectivity index (χ1n) is 5.33. The molecule has 0 saturated heterocycles. The Morgan fingerprint density at radius 2 is 1.94 bits per heavy atom. The maximum atomic E-state index is 11.5. The SMILES string of the molecule is CC(CCCBr)NS(=O)(=O)NC(=O)OC(C)C. The van der Waals surface area contributed by atoms with Crippen LogP contribution in [0.5, 0.6) is 0 Å². The summed E-state index contributed by atoms with van der Waals surface area (Å²) in [6.07, 6.45) is 0.196. The van der Waals surface area contributed by atoms with Crippen molar-refractivity contribution in [2.24, 2.45) is 0 Å². The predicted molar refractivity (Wildman–Crippen MR) is 69.3 cm³/mol. The number of halogens is 1. The van der Waals surface area contributed by atoms with Crippen LogP contribution in [0.1, 0.15) is 33.6 Å². The molecule has 0 radical (unpaired) electrons. The van der Waals surface area contributed by atoms with Gasteiger partial charge in [0.15, 0.2) is 0 Å². The number of rotatable bonds is 7. The van der Waals surface area contributed by atoms with E-state index >= 15 is 0 Å². The zero-order valence-corrected chi connectivity index (χ0v) is 12.6. The van der Waals surface area contributed by atoms with Crippen LogP contribution < -0.4 is 9.44 Å². The fraction of sp³-hybridized carbons (Fsp3) is 0.889. The molecule has 0 aliphatic heterocycles. The van der Waals surface area contributed by atoms with Gasteiger partial charge in [0.2, 0.25) is 0 Å². The van der Waals surface area contributed by atoms with Gasteiger partial charge in [-0.15, -0.1) is 0 Å². The molecule has 0 aliphatic carbocycles. The van der Waals surface area contributed by atoms with Gasteiger partial charge in [0.1, 0.15) is 0 Å². The number of amides is 1. The number of hydrogen-bond donors (Lipinski definition) is 2. The van der Waals surface area contributed by atoms with Gasteiger partial charge in [-0.2, -0.15) is 13.1 Å². The van der Waals surface area contributed by atoms with Crippen molar-refractivity contribution in [2.75, 3.05) is 5.33 Å². The van der Waals surface area contributed by atoms with Crippen molar-refractivity contribution in [3.05, 3.63) is 0 Å². The maximum absolute atomic E-state index is 11.5. The van der Waals surface area contributed by atoms with E-state index in [9.17, 15) is 13.2 Å². The number of alkyl halides is 1. The Morgan fingerprint density at radius 1 is 1.35 bits per heavy atom. The number of ether oxygens (including phenoxy) is 1. The Bertz CT molecular complexity index is 332. The molecular weight excluding hydrogens is 312 g/mol. The second kappa shape index (κ2) is 7.88. The van der Waals surface area contributed by atoms with Crippen LogP contribution in [-0.4, -0.2) is 32.0 Å². The standard InChI is InChI=1S/C9H19BrN2O4S/c1-7(2)16-9(13)12-17(14,15)11-8(3)5-4-6-10/h7-8,11H,4-6H2,1-3H3,(H,12,13). The van der Waals surface area contributed by atoms with Crippen molar-refractivity contribution in [1.29, 1.82) is 0 Å². The summed E-state index contributed by atoms with van der Waals surface area (Å²) in [5, 5.41) is 0.807. The minimum absolute atomic E-state index is 0.239. The van der Waals surface area contributed by atoms with Gasteiger partial charge in [-0.25, -0.2) is 9.52 Å². The minimum Gasteiger partial charge on any atom is -0.446 e. The van der Waals surface area contributed by atoms with Crippen molar-refractivity contribution in [2.45, 2.75) is 45.8 Å². The lowest BCUT2D eigenvalue weighted by molar-refractivity contribution is 0.121. The van der Waals surface area contributed by atoms with Crippen molar-refractivity contribution >= 4 is 32.2 Å². The van der Waals surface area contributed by atoms with Crippen molar-refractivity contribution in [3.63, 3.8) is 0 Å². The summed E-state index contributed by atoms with van der Waals surface area (Å²) < 4.78 is 31.7. The molecule has 0 aliphatic rings. The number of nitrogens with one attached hydrogen (secondary N) is 2. The van der Waals surface area contributed by atoms with E-state index in [0.717, 1.165) is 11.8 Å². The van der Waals surface area contributed by atoms with E-state index in [0.29, 0.717) is 6.42 Å². The fourth-order valence-corrected chi connectivity index (χ4v) is 2.38. The van der Waals surface area contributed by atoms with E-state index in [1.165, 1.54) is 0 Å². The van der Waals surface area contributed by atoms with Gasteiger partial charge in [0, 0.05) is 11.4 Å². The predicted octanol–water partition coefficient (Wildman–Crippen LogP) is 1.52. The average molecular weight is 331 g/mol. The van der Waals surface area contributed by atoms with Gasteiger partial charge in [0.05, 0.1) is 6.10 Å². The maximum Gasteiger partial charge on any atom is 0.422 e. The summed E-state index contributed by atoms with van der Waals surface area (Å²) in [6, 6.07) is -0.239. The first kappa shape index (κ1) is 16.7. The number of carbonyl (C=O) groups is 1. The van der Waals surface area contributed by atoms with E-state index in [4.69, 9.17) is 0 Å². The highest BCUT2D eigenvalue weighted by Gasteiger charge is 2.18. The van der Waals surface area contributed by atoms with Crippen LogP contribution in [0.15, 0.2) is 0 Å². The van der Waals surface area contributed by atoms with E-state index in [1.807, 2.05) is 0 Å². The Morgan fingerprint density at radius 3 is 2.41 bits per heavy atom. The largest absolute Gasteiger partial charge is 0.446 e. The van der Waals surface area contributed by atoms with Gasteiger partial charge in [-0.3, -0.25) is 0 Å². The highest BCUT2D eigenvalue weighted by atomic mass is 79.9. The zero-order valence-electron chi connectivity index (χ0n) is 10.2. The zero-order chi connectivity index (χ0) is 13.5.